The van der Waals surface area contributed by atoms with Crippen LogP contribution in [0, 0.1) is 0 Å². The van der Waals surface area contributed by atoms with Gasteiger partial charge in [0.1, 0.15) is 5.60 Å². The van der Waals surface area contributed by atoms with Crippen molar-refractivity contribution in [3.05, 3.63) is 35.9 Å². The predicted molar refractivity (Wildman–Crippen MR) is 114 cm³/mol. The molecule has 1 aromatic carbocycles. The number of aliphatic imine (C=N–C) groups is 1. The summed E-state index contributed by atoms with van der Waals surface area (Å²) in [4.78, 5) is 16.3. The lowest BCUT2D eigenvalue weighted by Gasteiger charge is -2.25. The Bertz CT molecular complexity index is 542. The van der Waals surface area contributed by atoms with Gasteiger partial charge in [-0.25, -0.2) is 4.79 Å². The maximum absolute atomic E-state index is 12.1. The van der Waals surface area contributed by atoms with E-state index in [0.717, 1.165) is 5.56 Å². The Balaban J connectivity index is 0.00000576. The molecule has 0 aliphatic heterocycles. The molecule has 1 aromatic rings. The van der Waals surface area contributed by atoms with Gasteiger partial charge in [0, 0.05) is 19.6 Å². The fourth-order valence-corrected chi connectivity index (χ4v) is 2.05. The topological polar surface area (TPSA) is 74.8 Å². The molecule has 0 saturated heterocycles. The van der Waals surface area contributed by atoms with Crippen molar-refractivity contribution >= 4 is 36.0 Å². The molecular weight excluding hydrogens is 431 g/mol. The standard InChI is InChI=1S/C18H30N4O2.HI/c1-13(2)21-16(19-6)20-12-15(14-10-8-7-9-11-14)22-17(23)24-18(3,4)5;/h7-11,13,15H,12H2,1-6H3,(H,22,23)(H2,19,20,21);1H. The van der Waals surface area contributed by atoms with Crippen molar-refractivity contribution in [2.75, 3.05) is 13.6 Å². The first-order valence-corrected chi connectivity index (χ1v) is 8.23. The number of amides is 1. The summed E-state index contributed by atoms with van der Waals surface area (Å²) in [7, 11) is 1.72. The summed E-state index contributed by atoms with van der Waals surface area (Å²) < 4.78 is 5.36. The summed E-state index contributed by atoms with van der Waals surface area (Å²) in [6.07, 6.45) is -0.440. The van der Waals surface area contributed by atoms with E-state index in [9.17, 15) is 4.79 Å². The van der Waals surface area contributed by atoms with Gasteiger partial charge in [0.15, 0.2) is 5.96 Å². The lowest BCUT2D eigenvalue weighted by Crippen LogP contribution is -2.45. The monoisotopic (exact) mass is 462 g/mol. The maximum Gasteiger partial charge on any atom is 0.408 e. The summed E-state index contributed by atoms with van der Waals surface area (Å²) >= 11 is 0. The fourth-order valence-electron chi connectivity index (χ4n) is 2.05. The van der Waals surface area contributed by atoms with Crippen LogP contribution in [0.15, 0.2) is 35.3 Å². The number of alkyl carbamates (subject to hydrolysis) is 1. The van der Waals surface area contributed by atoms with Crippen LogP contribution in [0.4, 0.5) is 4.79 Å². The zero-order chi connectivity index (χ0) is 18.2. The van der Waals surface area contributed by atoms with E-state index in [4.69, 9.17) is 4.74 Å². The Morgan fingerprint density at radius 1 is 1.16 bits per heavy atom. The van der Waals surface area contributed by atoms with Crippen molar-refractivity contribution in [2.45, 2.75) is 52.3 Å². The highest BCUT2D eigenvalue weighted by molar-refractivity contribution is 14.0. The molecule has 0 fully saturated rings. The van der Waals surface area contributed by atoms with E-state index in [1.807, 2.05) is 65.0 Å². The molecule has 0 aliphatic rings. The molecule has 3 N–H and O–H groups in total. The van der Waals surface area contributed by atoms with Crippen molar-refractivity contribution in [3.63, 3.8) is 0 Å². The number of rotatable bonds is 5. The molecule has 7 heteroatoms. The molecule has 1 rings (SSSR count). The molecule has 1 amide bonds. The van der Waals surface area contributed by atoms with Crippen LogP contribution >= 0.6 is 24.0 Å². The molecule has 0 bridgehead atoms. The Morgan fingerprint density at radius 2 is 1.76 bits per heavy atom. The van der Waals surface area contributed by atoms with Crippen LogP contribution in [-0.4, -0.2) is 37.3 Å². The third-order valence-electron chi connectivity index (χ3n) is 3.02. The van der Waals surface area contributed by atoms with Crippen LogP contribution in [0.3, 0.4) is 0 Å². The molecule has 25 heavy (non-hydrogen) atoms. The van der Waals surface area contributed by atoms with Crippen LogP contribution in [0.2, 0.25) is 0 Å². The second kappa shape index (κ2) is 11.2. The van der Waals surface area contributed by atoms with Crippen molar-refractivity contribution in [2.24, 2.45) is 4.99 Å². The van der Waals surface area contributed by atoms with E-state index in [1.54, 1.807) is 7.05 Å². The minimum Gasteiger partial charge on any atom is -0.444 e. The van der Waals surface area contributed by atoms with Gasteiger partial charge >= 0.3 is 6.09 Å². The van der Waals surface area contributed by atoms with Crippen molar-refractivity contribution in [1.82, 2.24) is 16.0 Å². The van der Waals surface area contributed by atoms with Gasteiger partial charge < -0.3 is 20.7 Å². The fraction of sp³-hybridized carbons (Fsp3) is 0.556. The zero-order valence-electron chi connectivity index (χ0n) is 15.9. The minimum absolute atomic E-state index is 0. The van der Waals surface area contributed by atoms with Crippen LogP contribution in [0.1, 0.15) is 46.2 Å². The van der Waals surface area contributed by atoms with Crippen molar-refractivity contribution < 1.29 is 9.53 Å². The van der Waals surface area contributed by atoms with Crippen LogP contribution in [0.5, 0.6) is 0 Å². The van der Waals surface area contributed by atoms with E-state index < -0.39 is 11.7 Å². The van der Waals surface area contributed by atoms with E-state index in [2.05, 4.69) is 20.9 Å². The summed E-state index contributed by atoms with van der Waals surface area (Å²) in [5, 5.41) is 9.38. The third-order valence-corrected chi connectivity index (χ3v) is 3.02. The first kappa shape index (κ1) is 23.5. The Kier molecular flexibility index (Phi) is 10.5. The first-order chi connectivity index (χ1) is 11.2. The van der Waals surface area contributed by atoms with Crippen LogP contribution in [-0.2, 0) is 4.74 Å². The van der Waals surface area contributed by atoms with Gasteiger partial charge in [0.2, 0.25) is 0 Å². The van der Waals surface area contributed by atoms with Gasteiger partial charge in [0.25, 0.3) is 0 Å². The SMILES string of the molecule is CN=C(NCC(NC(=O)OC(C)(C)C)c1ccccc1)NC(C)C.I. The third kappa shape index (κ3) is 10.2. The van der Waals surface area contributed by atoms with Crippen LogP contribution in [0.25, 0.3) is 0 Å². The van der Waals surface area contributed by atoms with Crippen LogP contribution < -0.4 is 16.0 Å². The number of carbonyl (C=O) groups excluding carboxylic acids is 1. The van der Waals surface area contributed by atoms with Gasteiger partial charge in [-0.3, -0.25) is 4.99 Å². The molecule has 0 saturated carbocycles. The molecule has 0 aliphatic carbocycles. The number of ether oxygens (including phenoxy) is 1. The quantitative estimate of drug-likeness (QED) is 0.356. The number of guanidine groups is 1. The number of benzene rings is 1. The molecule has 0 heterocycles. The second-order valence-electron chi connectivity index (χ2n) is 6.86. The average Bonchev–Trinajstić information content (AvgIpc) is 2.48. The highest BCUT2D eigenvalue weighted by Gasteiger charge is 2.20. The summed E-state index contributed by atoms with van der Waals surface area (Å²) in [5.41, 5.74) is 0.462. The minimum atomic E-state index is -0.534. The lowest BCUT2D eigenvalue weighted by atomic mass is 10.1. The summed E-state index contributed by atoms with van der Waals surface area (Å²) in [5.74, 6) is 0.692. The first-order valence-electron chi connectivity index (χ1n) is 8.23. The molecule has 0 spiro atoms. The van der Waals surface area contributed by atoms with Gasteiger partial charge in [0.05, 0.1) is 6.04 Å². The molecule has 142 valence electrons. The molecule has 1 atom stereocenters. The van der Waals surface area contributed by atoms with Gasteiger partial charge in [-0.2, -0.15) is 0 Å². The van der Waals surface area contributed by atoms with E-state index in [-0.39, 0.29) is 36.1 Å². The van der Waals surface area contributed by atoms with E-state index in [1.165, 1.54) is 0 Å². The highest BCUT2D eigenvalue weighted by Crippen LogP contribution is 2.14. The second-order valence-corrected chi connectivity index (χ2v) is 6.86. The average molecular weight is 462 g/mol. The summed E-state index contributed by atoms with van der Waals surface area (Å²) in [6.45, 7) is 10.1. The number of hydrogen-bond donors (Lipinski definition) is 3. The van der Waals surface area contributed by atoms with E-state index in [0.29, 0.717) is 12.5 Å². The van der Waals surface area contributed by atoms with E-state index >= 15 is 0 Å². The number of carbonyl (C=O) groups is 1. The van der Waals surface area contributed by atoms with Gasteiger partial charge in [-0.1, -0.05) is 30.3 Å². The number of halogens is 1. The van der Waals surface area contributed by atoms with Gasteiger partial charge in [-0.15, -0.1) is 24.0 Å². The zero-order valence-corrected chi connectivity index (χ0v) is 18.3. The van der Waals surface area contributed by atoms with Crippen molar-refractivity contribution in [3.8, 4) is 0 Å². The lowest BCUT2D eigenvalue weighted by molar-refractivity contribution is 0.0504. The Hall–Kier alpha value is -1.51. The molecule has 0 aromatic heterocycles. The maximum atomic E-state index is 12.1. The number of nitrogens with zero attached hydrogens (tertiary/aromatic N) is 1. The van der Waals surface area contributed by atoms with Crippen molar-refractivity contribution in [1.29, 1.82) is 0 Å². The number of nitrogens with one attached hydrogen (secondary N) is 3. The molecule has 1 unspecified atom stereocenters. The summed E-state index contributed by atoms with van der Waals surface area (Å²) in [6, 6.07) is 9.82. The van der Waals surface area contributed by atoms with Gasteiger partial charge in [-0.05, 0) is 40.2 Å². The Labute approximate surface area is 168 Å². The predicted octanol–water partition coefficient (Wildman–Crippen LogP) is 3.44. The normalized spacial score (nSPS) is 12.8. The highest BCUT2D eigenvalue weighted by atomic mass is 127. The smallest absolute Gasteiger partial charge is 0.408 e. The molecule has 0 radical (unpaired) electrons. The molecular formula is C18H31IN4O2. The Morgan fingerprint density at radius 3 is 2.24 bits per heavy atom. The molecule has 6 nitrogen and oxygen atoms in total. The number of hydrogen-bond acceptors (Lipinski definition) is 3. The largest absolute Gasteiger partial charge is 0.444 e.